The molecule has 1 saturated heterocycles. The van der Waals surface area contributed by atoms with Gasteiger partial charge in [-0.05, 0) is 21.0 Å². The molecule has 17 heavy (non-hydrogen) atoms. The van der Waals surface area contributed by atoms with Crippen LogP contribution in [0.1, 0.15) is 23.1 Å². The van der Waals surface area contributed by atoms with E-state index in [0.717, 1.165) is 36.7 Å². The molecule has 0 spiro atoms. The number of nitrogens with zero attached hydrogens (tertiary/aromatic N) is 4. The molecule has 0 saturated carbocycles. The van der Waals surface area contributed by atoms with Crippen LogP contribution in [-0.2, 0) is 6.61 Å². The summed E-state index contributed by atoms with van der Waals surface area (Å²) in [6, 6.07) is 0.250. The number of aliphatic hydroxyl groups is 1. The molecule has 0 amide bonds. The maximum Gasteiger partial charge on any atom is 0.146 e. The van der Waals surface area contributed by atoms with Gasteiger partial charge in [0.05, 0.1) is 12.6 Å². The Bertz CT molecular complexity index is 396. The molecule has 2 rings (SSSR count). The first-order chi connectivity index (χ1) is 8.11. The van der Waals surface area contributed by atoms with Crippen molar-refractivity contribution < 1.29 is 5.11 Å². The Morgan fingerprint density at radius 3 is 2.82 bits per heavy atom. The maximum absolute atomic E-state index is 9.12. The first-order valence-electron chi connectivity index (χ1n) is 5.94. The third-order valence-electron chi connectivity index (χ3n) is 3.42. The molecule has 0 radical (unpaired) electrons. The zero-order valence-electron chi connectivity index (χ0n) is 10.7. The fourth-order valence-corrected chi connectivity index (χ4v) is 2.11. The van der Waals surface area contributed by atoms with Crippen molar-refractivity contribution in [2.24, 2.45) is 0 Å². The van der Waals surface area contributed by atoms with E-state index in [0.29, 0.717) is 0 Å². The average Bonchev–Trinajstić information content (AvgIpc) is 2.32. The Kier molecular flexibility index (Phi) is 3.71. The van der Waals surface area contributed by atoms with Crippen LogP contribution in [0.5, 0.6) is 0 Å². The number of rotatable bonds is 2. The van der Waals surface area contributed by atoms with Gasteiger partial charge in [-0.3, -0.25) is 4.90 Å². The van der Waals surface area contributed by atoms with Crippen LogP contribution in [-0.4, -0.2) is 58.6 Å². The number of aliphatic hydroxyl groups excluding tert-OH is 1. The number of piperazine rings is 1. The number of aryl methyl sites for hydroxylation is 1. The van der Waals surface area contributed by atoms with E-state index >= 15 is 0 Å². The molecule has 1 N–H and O–H groups in total. The lowest BCUT2D eigenvalue weighted by Crippen LogP contribution is -2.45. The largest absolute Gasteiger partial charge is 0.392 e. The van der Waals surface area contributed by atoms with Gasteiger partial charge in [0.25, 0.3) is 0 Å². The van der Waals surface area contributed by atoms with Gasteiger partial charge < -0.3 is 10.0 Å². The lowest BCUT2D eigenvalue weighted by atomic mass is 10.1. The molecule has 0 bridgehead atoms. The van der Waals surface area contributed by atoms with Crippen molar-refractivity contribution in [3.05, 3.63) is 23.3 Å². The van der Waals surface area contributed by atoms with Crippen molar-refractivity contribution in [2.45, 2.75) is 19.6 Å². The molecule has 1 aromatic rings. The molecule has 1 aliphatic rings. The highest BCUT2D eigenvalue weighted by Crippen LogP contribution is 2.20. The third-order valence-corrected chi connectivity index (χ3v) is 3.42. The first kappa shape index (κ1) is 12.4. The first-order valence-corrected chi connectivity index (χ1v) is 5.94. The summed E-state index contributed by atoms with van der Waals surface area (Å²) >= 11 is 0. The van der Waals surface area contributed by atoms with Gasteiger partial charge in [0.1, 0.15) is 5.82 Å². The highest BCUT2D eigenvalue weighted by atomic mass is 16.3. The maximum atomic E-state index is 9.12. The van der Waals surface area contributed by atoms with Gasteiger partial charge >= 0.3 is 0 Å². The summed E-state index contributed by atoms with van der Waals surface area (Å²) in [5, 5.41) is 9.12. The van der Waals surface area contributed by atoms with E-state index in [9.17, 15) is 0 Å². The Hall–Kier alpha value is -1.04. The molecule has 0 aromatic carbocycles. The summed E-state index contributed by atoms with van der Waals surface area (Å²) < 4.78 is 0. The Labute approximate surface area is 102 Å². The van der Waals surface area contributed by atoms with E-state index in [-0.39, 0.29) is 12.6 Å². The highest BCUT2D eigenvalue weighted by Gasteiger charge is 2.26. The molecule has 1 fully saturated rings. The van der Waals surface area contributed by atoms with Crippen LogP contribution in [0.2, 0.25) is 0 Å². The molecule has 1 aliphatic heterocycles. The molecular weight excluding hydrogens is 216 g/mol. The standard InChI is InChI=1S/C12H20N4O/c1-9-10(8-17)6-13-12(14-9)11-7-15(2)4-5-16(11)3/h6,11,17H,4-5,7-8H2,1-3H3. The summed E-state index contributed by atoms with van der Waals surface area (Å²) in [6.07, 6.45) is 1.74. The number of likely N-dealkylation sites (N-methyl/N-ethyl adjacent to an activating group) is 2. The second kappa shape index (κ2) is 5.08. The SMILES string of the molecule is Cc1nc(C2CN(C)CCN2C)ncc1CO. The molecule has 1 aromatic heterocycles. The van der Waals surface area contributed by atoms with Crippen LogP contribution in [0.25, 0.3) is 0 Å². The predicted molar refractivity (Wildman–Crippen MR) is 65.6 cm³/mol. The predicted octanol–water partition coefficient (Wildman–Crippen LogP) is 0.196. The van der Waals surface area contributed by atoms with Crippen molar-refractivity contribution in [3.63, 3.8) is 0 Å². The molecule has 0 aliphatic carbocycles. The molecular formula is C12H20N4O. The van der Waals surface area contributed by atoms with E-state index in [2.05, 4.69) is 33.9 Å². The van der Waals surface area contributed by atoms with Crippen molar-refractivity contribution in [2.75, 3.05) is 33.7 Å². The van der Waals surface area contributed by atoms with Gasteiger partial charge in [-0.2, -0.15) is 0 Å². The summed E-state index contributed by atoms with van der Waals surface area (Å²) in [6.45, 7) is 5.00. The van der Waals surface area contributed by atoms with Gasteiger partial charge in [0.2, 0.25) is 0 Å². The minimum absolute atomic E-state index is 0.00647. The lowest BCUT2D eigenvalue weighted by Gasteiger charge is -2.36. The van der Waals surface area contributed by atoms with Gasteiger partial charge in [-0.1, -0.05) is 0 Å². The van der Waals surface area contributed by atoms with Crippen LogP contribution in [0, 0.1) is 6.92 Å². The van der Waals surface area contributed by atoms with E-state index in [1.54, 1.807) is 6.20 Å². The van der Waals surface area contributed by atoms with Crippen molar-refractivity contribution in [1.29, 1.82) is 0 Å². The van der Waals surface area contributed by atoms with Crippen LogP contribution in [0.3, 0.4) is 0 Å². The summed E-state index contributed by atoms with van der Waals surface area (Å²) in [7, 11) is 4.23. The molecule has 94 valence electrons. The van der Waals surface area contributed by atoms with Gasteiger partial charge in [0.15, 0.2) is 0 Å². The van der Waals surface area contributed by atoms with Crippen molar-refractivity contribution >= 4 is 0 Å². The fourth-order valence-electron chi connectivity index (χ4n) is 2.11. The smallest absolute Gasteiger partial charge is 0.146 e. The molecule has 5 nitrogen and oxygen atoms in total. The molecule has 2 heterocycles. The van der Waals surface area contributed by atoms with E-state index in [1.165, 1.54) is 0 Å². The summed E-state index contributed by atoms with van der Waals surface area (Å²) in [5.41, 5.74) is 1.68. The van der Waals surface area contributed by atoms with Crippen molar-refractivity contribution in [3.8, 4) is 0 Å². The zero-order valence-corrected chi connectivity index (χ0v) is 10.7. The van der Waals surface area contributed by atoms with Crippen molar-refractivity contribution in [1.82, 2.24) is 19.8 Å². The number of hydrogen-bond donors (Lipinski definition) is 1. The second-order valence-electron chi connectivity index (χ2n) is 4.76. The van der Waals surface area contributed by atoms with E-state index < -0.39 is 0 Å². The average molecular weight is 236 g/mol. The topological polar surface area (TPSA) is 52.5 Å². The minimum Gasteiger partial charge on any atom is -0.392 e. The van der Waals surface area contributed by atoms with Gasteiger partial charge in [-0.25, -0.2) is 9.97 Å². The monoisotopic (exact) mass is 236 g/mol. The Balaban J connectivity index is 2.23. The zero-order chi connectivity index (χ0) is 12.4. The highest BCUT2D eigenvalue weighted by molar-refractivity contribution is 5.16. The van der Waals surface area contributed by atoms with Crippen LogP contribution in [0.4, 0.5) is 0 Å². The van der Waals surface area contributed by atoms with E-state index in [1.807, 2.05) is 6.92 Å². The van der Waals surface area contributed by atoms with Gasteiger partial charge in [-0.15, -0.1) is 0 Å². The second-order valence-corrected chi connectivity index (χ2v) is 4.76. The number of aromatic nitrogens is 2. The van der Waals surface area contributed by atoms with Crippen LogP contribution in [0.15, 0.2) is 6.20 Å². The number of hydrogen-bond acceptors (Lipinski definition) is 5. The lowest BCUT2D eigenvalue weighted by molar-refractivity contribution is 0.109. The third kappa shape index (κ3) is 2.62. The molecule has 1 unspecified atom stereocenters. The normalized spacial score (nSPS) is 22.9. The Morgan fingerprint density at radius 1 is 1.41 bits per heavy atom. The van der Waals surface area contributed by atoms with Crippen LogP contribution < -0.4 is 0 Å². The van der Waals surface area contributed by atoms with Crippen LogP contribution >= 0.6 is 0 Å². The minimum atomic E-state index is 0.00647. The fraction of sp³-hybridized carbons (Fsp3) is 0.667. The molecule has 1 atom stereocenters. The van der Waals surface area contributed by atoms with E-state index in [4.69, 9.17) is 5.11 Å². The Morgan fingerprint density at radius 2 is 2.18 bits per heavy atom. The van der Waals surface area contributed by atoms with Gasteiger partial charge in [0, 0.05) is 37.1 Å². The quantitative estimate of drug-likeness (QED) is 0.795. The summed E-state index contributed by atoms with van der Waals surface area (Å²) in [5.74, 6) is 0.855. The summed E-state index contributed by atoms with van der Waals surface area (Å²) in [4.78, 5) is 13.5. The molecule has 5 heteroatoms.